The Labute approximate surface area is 96.0 Å². The number of imidazole rings is 1. The number of aromatic nitrogens is 3. The molecule has 0 aliphatic heterocycles. The van der Waals surface area contributed by atoms with Crippen LogP contribution in [0.25, 0.3) is 0 Å². The van der Waals surface area contributed by atoms with Crippen molar-refractivity contribution in [3.8, 4) is 0 Å². The van der Waals surface area contributed by atoms with Crippen LogP contribution in [0.1, 0.15) is 29.8 Å². The first-order valence-electron chi connectivity index (χ1n) is 5.74. The zero-order valence-corrected chi connectivity index (χ0v) is 9.83. The van der Waals surface area contributed by atoms with Gasteiger partial charge in [0.15, 0.2) is 0 Å². The van der Waals surface area contributed by atoms with Gasteiger partial charge in [-0.1, -0.05) is 13.0 Å². The van der Waals surface area contributed by atoms with Crippen molar-refractivity contribution in [1.29, 1.82) is 0 Å². The van der Waals surface area contributed by atoms with Crippen LogP contribution in [0.5, 0.6) is 0 Å². The first kappa shape index (κ1) is 10.9. The average Bonchev–Trinajstić information content (AvgIpc) is 2.69. The summed E-state index contributed by atoms with van der Waals surface area (Å²) in [6, 6.07) is 6.03. The van der Waals surface area contributed by atoms with Gasteiger partial charge in [-0.15, -0.1) is 0 Å². The fourth-order valence-corrected chi connectivity index (χ4v) is 1.77. The van der Waals surface area contributed by atoms with Crippen molar-refractivity contribution in [2.24, 2.45) is 0 Å². The Morgan fingerprint density at radius 2 is 2.12 bits per heavy atom. The number of hydrogen-bond acceptors (Lipinski definition) is 2. The molecule has 1 N–H and O–H groups in total. The van der Waals surface area contributed by atoms with Gasteiger partial charge in [-0.2, -0.15) is 0 Å². The summed E-state index contributed by atoms with van der Waals surface area (Å²) >= 11 is 0. The van der Waals surface area contributed by atoms with E-state index < -0.39 is 0 Å². The Morgan fingerprint density at radius 1 is 1.25 bits per heavy atom. The molecule has 16 heavy (non-hydrogen) atoms. The molecule has 0 aliphatic rings. The van der Waals surface area contributed by atoms with Crippen LogP contribution in [-0.4, -0.2) is 15.0 Å². The highest BCUT2D eigenvalue weighted by atomic mass is 14.9. The summed E-state index contributed by atoms with van der Waals surface area (Å²) in [6.07, 6.45) is 4.75. The molecular formula is C13H17N3. The fourth-order valence-electron chi connectivity index (χ4n) is 1.77. The molecular weight excluding hydrogens is 198 g/mol. The summed E-state index contributed by atoms with van der Waals surface area (Å²) in [5.41, 5.74) is 3.49. The maximum absolute atomic E-state index is 4.47. The molecule has 2 aromatic rings. The van der Waals surface area contributed by atoms with Crippen LogP contribution in [0.4, 0.5) is 0 Å². The van der Waals surface area contributed by atoms with Gasteiger partial charge in [0.25, 0.3) is 0 Å². The maximum atomic E-state index is 4.47. The third kappa shape index (κ3) is 2.48. The molecule has 3 nitrogen and oxygen atoms in total. The number of hydrogen-bond donors (Lipinski definition) is 1. The monoisotopic (exact) mass is 215 g/mol. The van der Waals surface area contributed by atoms with Gasteiger partial charge in [-0.25, -0.2) is 4.98 Å². The van der Waals surface area contributed by atoms with E-state index in [1.165, 1.54) is 5.69 Å². The van der Waals surface area contributed by atoms with Crippen LogP contribution < -0.4 is 0 Å². The second-order valence-electron chi connectivity index (χ2n) is 3.92. The summed E-state index contributed by atoms with van der Waals surface area (Å²) in [7, 11) is 0. The van der Waals surface area contributed by atoms with Gasteiger partial charge in [0.2, 0.25) is 0 Å². The molecule has 2 rings (SSSR count). The lowest BCUT2D eigenvalue weighted by Gasteiger charge is -1.99. The molecule has 0 fully saturated rings. The zero-order chi connectivity index (χ0) is 11.4. The van der Waals surface area contributed by atoms with E-state index in [0.717, 1.165) is 36.5 Å². The normalized spacial score (nSPS) is 10.6. The molecule has 0 bridgehead atoms. The predicted octanol–water partition coefficient (Wildman–Crippen LogP) is 2.46. The molecule has 2 aromatic heterocycles. The number of pyridine rings is 1. The van der Waals surface area contributed by atoms with E-state index in [1.807, 2.05) is 18.3 Å². The highest BCUT2D eigenvalue weighted by Crippen LogP contribution is 2.09. The number of aryl methyl sites for hydroxylation is 4. The topological polar surface area (TPSA) is 41.6 Å². The maximum Gasteiger partial charge on any atom is 0.106 e. The first-order chi connectivity index (χ1) is 7.79. The Hall–Kier alpha value is -1.64. The van der Waals surface area contributed by atoms with Crippen molar-refractivity contribution in [2.45, 2.75) is 33.1 Å². The number of aromatic amines is 1. The van der Waals surface area contributed by atoms with Crippen molar-refractivity contribution >= 4 is 0 Å². The molecule has 0 radical (unpaired) electrons. The number of rotatable bonds is 4. The van der Waals surface area contributed by atoms with Gasteiger partial charge in [0.05, 0.1) is 5.69 Å². The second-order valence-corrected chi connectivity index (χ2v) is 3.92. The summed E-state index contributed by atoms with van der Waals surface area (Å²) in [5, 5.41) is 0. The molecule has 0 spiro atoms. The van der Waals surface area contributed by atoms with Crippen LogP contribution >= 0.6 is 0 Å². The fraction of sp³-hybridized carbons (Fsp3) is 0.385. The van der Waals surface area contributed by atoms with Crippen molar-refractivity contribution in [2.75, 3.05) is 0 Å². The zero-order valence-electron chi connectivity index (χ0n) is 9.83. The molecule has 0 unspecified atom stereocenters. The molecule has 0 atom stereocenters. The van der Waals surface area contributed by atoms with E-state index in [1.54, 1.807) is 0 Å². The van der Waals surface area contributed by atoms with Gasteiger partial charge < -0.3 is 4.98 Å². The van der Waals surface area contributed by atoms with Gasteiger partial charge in [0, 0.05) is 24.0 Å². The highest BCUT2D eigenvalue weighted by molar-refractivity contribution is 5.15. The van der Waals surface area contributed by atoms with Crippen LogP contribution in [0.15, 0.2) is 24.4 Å². The molecule has 0 amide bonds. The molecule has 2 heterocycles. The minimum absolute atomic E-state index is 0.963. The van der Waals surface area contributed by atoms with E-state index in [0.29, 0.717) is 0 Å². The second kappa shape index (κ2) is 4.92. The van der Waals surface area contributed by atoms with Gasteiger partial charge in [-0.05, 0) is 31.9 Å². The lowest BCUT2D eigenvalue weighted by Crippen LogP contribution is -1.95. The number of nitrogens with one attached hydrogen (secondary N) is 1. The smallest absolute Gasteiger partial charge is 0.106 e. The summed E-state index contributed by atoms with van der Waals surface area (Å²) in [4.78, 5) is 12.1. The van der Waals surface area contributed by atoms with Crippen molar-refractivity contribution in [1.82, 2.24) is 15.0 Å². The van der Waals surface area contributed by atoms with E-state index in [-0.39, 0.29) is 0 Å². The van der Waals surface area contributed by atoms with E-state index in [4.69, 9.17) is 0 Å². The minimum Gasteiger partial charge on any atom is -0.346 e. The first-order valence-corrected chi connectivity index (χ1v) is 5.74. The molecule has 84 valence electrons. The van der Waals surface area contributed by atoms with Gasteiger partial charge in [-0.3, -0.25) is 4.98 Å². The van der Waals surface area contributed by atoms with Crippen LogP contribution in [-0.2, 0) is 19.3 Å². The van der Waals surface area contributed by atoms with E-state index >= 15 is 0 Å². The largest absolute Gasteiger partial charge is 0.346 e. The molecule has 0 aromatic carbocycles. The van der Waals surface area contributed by atoms with Crippen molar-refractivity contribution in [3.63, 3.8) is 0 Å². The molecule has 0 saturated heterocycles. The Kier molecular flexibility index (Phi) is 3.34. The third-order valence-corrected chi connectivity index (χ3v) is 2.73. The van der Waals surface area contributed by atoms with Crippen molar-refractivity contribution in [3.05, 3.63) is 47.3 Å². The van der Waals surface area contributed by atoms with Gasteiger partial charge >= 0.3 is 0 Å². The summed E-state index contributed by atoms with van der Waals surface area (Å²) in [5.74, 6) is 1.08. The number of H-pyrrole nitrogens is 1. The predicted molar refractivity (Wildman–Crippen MR) is 64.3 cm³/mol. The van der Waals surface area contributed by atoms with Crippen LogP contribution in [0.2, 0.25) is 0 Å². The highest BCUT2D eigenvalue weighted by Gasteiger charge is 2.05. The molecule has 3 heteroatoms. The van der Waals surface area contributed by atoms with Crippen molar-refractivity contribution < 1.29 is 0 Å². The Bertz CT molecular complexity index is 445. The quantitative estimate of drug-likeness (QED) is 0.851. The molecule has 0 saturated carbocycles. The lowest BCUT2D eigenvalue weighted by molar-refractivity contribution is 0.872. The minimum atomic E-state index is 0.963. The van der Waals surface area contributed by atoms with Crippen LogP contribution in [0.3, 0.4) is 0 Å². The van der Waals surface area contributed by atoms with Crippen LogP contribution in [0, 0.1) is 6.92 Å². The molecule has 0 aliphatic carbocycles. The Balaban J connectivity index is 2.02. The van der Waals surface area contributed by atoms with E-state index in [9.17, 15) is 0 Å². The third-order valence-electron chi connectivity index (χ3n) is 2.73. The summed E-state index contributed by atoms with van der Waals surface area (Å²) in [6.45, 7) is 4.17. The van der Waals surface area contributed by atoms with Gasteiger partial charge in [0.1, 0.15) is 5.82 Å². The SMILES string of the molecule is CCc1nc(C)c(CCc2ccccn2)[nH]1. The average molecular weight is 215 g/mol. The van der Waals surface area contributed by atoms with E-state index in [2.05, 4.69) is 34.9 Å². The summed E-state index contributed by atoms with van der Waals surface area (Å²) < 4.78 is 0. The standard InChI is InChI=1S/C13H17N3/c1-3-13-15-10(2)12(16-13)8-7-11-6-4-5-9-14-11/h4-6,9H,3,7-8H2,1-2H3,(H,15,16). The number of nitrogens with zero attached hydrogens (tertiary/aromatic N) is 2. The Morgan fingerprint density at radius 3 is 2.75 bits per heavy atom. The lowest BCUT2D eigenvalue weighted by atomic mass is 10.1.